The summed E-state index contributed by atoms with van der Waals surface area (Å²) in [6, 6.07) is 71.3. The van der Waals surface area contributed by atoms with Gasteiger partial charge >= 0.3 is 15.4 Å². The molecule has 0 fully saturated rings. The molecule has 1 radical (unpaired) electrons. The van der Waals surface area contributed by atoms with Gasteiger partial charge in [0.1, 0.15) is 0 Å². The van der Waals surface area contributed by atoms with Gasteiger partial charge in [0.2, 0.25) is 9.84 Å². The number of pyridine rings is 2. The SMILES string of the molecule is Cc1c(F)c(F)c(C)c(F)c1F.O.O=S1(=O)c2ccccc2Cc2ccccc21.[CH3][Al][NH2].c1ccc(N2CNc3ccccc32)cc1.c1ccc2c(c1)c1ccccc1c1ccccc21.c1cnc2c(c1)ccc1cccnc12. The molecule has 10 aromatic carbocycles. The maximum absolute atomic E-state index is 12.7. The van der Waals surface area contributed by atoms with Crippen LogP contribution < -0.4 is 14.9 Å². The first kappa shape index (κ1) is 56.7. The zero-order valence-corrected chi connectivity index (χ0v) is 45.5. The molecule has 0 atom stereocenters. The number of benzene rings is 10. The predicted octanol–water partition coefficient (Wildman–Crippen LogP) is 15.2. The van der Waals surface area contributed by atoms with E-state index in [2.05, 4.69) is 166 Å². The second kappa shape index (κ2) is 25.8. The lowest BCUT2D eigenvalue weighted by molar-refractivity contribution is 0.436. The number of aromatic nitrogens is 2. The van der Waals surface area contributed by atoms with Crippen molar-refractivity contribution in [3.05, 3.63) is 270 Å². The number of sulfone groups is 1. The van der Waals surface area contributed by atoms with Crippen LogP contribution in [-0.4, -0.2) is 46.0 Å². The van der Waals surface area contributed by atoms with Crippen LogP contribution in [0.5, 0.6) is 0 Å². The van der Waals surface area contributed by atoms with Crippen molar-refractivity contribution in [2.45, 2.75) is 35.8 Å². The highest BCUT2D eigenvalue weighted by Crippen LogP contribution is 2.37. The van der Waals surface area contributed by atoms with E-state index in [1.807, 2.05) is 48.3 Å². The van der Waals surface area contributed by atoms with Gasteiger partial charge in [-0.2, -0.15) is 0 Å². The molecular weight excluding hydrogens is 1030 g/mol. The number of fused-ring (bicyclic) bond motifs is 12. The van der Waals surface area contributed by atoms with E-state index < -0.39 is 44.2 Å². The Labute approximate surface area is 463 Å². The van der Waals surface area contributed by atoms with Crippen molar-refractivity contribution in [3.8, 4) is 0 Å². The van der Waals surface area contributed by atoms with Crippen molar-refractivity contribution in [2.75, 3.05) is 16.9 Å². The molecule has 0 saturated heterocycles. The van der Waals surface area contributed by atoms with E-state index in [0.717, 1.165) is 53.4 Å². The molecule has 395 valence electrons. The second-order valence-corrected chi connectivity index (χ2v) is 20.8. The highest BCUT2D eigenvalue weighted by molar-refractivity contribution is 7.91. The summed E-state index contributed by atoms with van der Waals surface area (Å²) in [5.41, 5.74) is 6.17. The first-order chi connectivity index (χ1) is 37.9. The zero-order valence-electron chi connectivity index (χ0n) is 43.5. The number of halogens is 4. The van der Waals surface area contributed by atoms with E-state index >= 15 is 0 Å². The van der Waals surface area contributed by atoms with Crippen molar-refractivity contribution < 1.29 is 31.5 Å². The summed E-state index contributed by atoms with van der Waals surface area (Å²) in [5.74, 6) is -3.32. The minimum absolute atomic E-state index is 0. The minimum atomic E-state index is -3.30. The van der Waals surface area contributed by atoms with Crippen LogP contribution >= 0.6 is 0 Å². The summed E-state index contributed by atoms with van der Waals surface area (Å²) in [7, 11) is -3.30. The van der Waals surface area contributed by atoms with Crippen LogP contribution in [0.2, 0.25) is 5.79 Å². The third-order valence-electron chi connectivity index (χ3n) is 13.3. The lowest BCUT2D eigenvalue weighted by atomic mass is 9.95. The Morgan fingerprint density at radius 3 is 1.25 bits per heavy atom. The topological polar surface area (TPSA) is 133 Å². The lowest BCUT2D eigenvalue weighted by Crippen LogP contribution is -2.15. The Kier molecular flexibility index (Phi) is 18.5. The maximum atomic E-state index is 12.7. The summed E-state index contributed by atoms with van der Waals surface area (Å²) >= 11 is 0.250. The Morgan fingerprint density at radius 1 is 0.481 bits per heavy atom. The number of nitrogens with zero attached hydrogens (tertiary/aromatic N) is 3. The second-order valence-electron chi connectivity index (χ2n) is 18.2. The summed E-state index contributed by atoms with van der Waals surface area (Å²) < 4.78 is 80.1. The van der Waals surface area contributed by atoms with Crippen molar-refractivity contribution in [1.29, 1.82) is 0 Å². The Hall–Kier alpha value is -8.48. The highest BCUT2D eigenvalue weighted by Gasteiger charge is 2.28. The third-order valence-corrected chi connectivity index (χ3v) is 15.2. The molecule has 14 rings (SSSR count). The smallest absolute Gasteiger partial charge is 0.313 e. The standard InChI is InChI=1S/C18H12.C13H12N2.C13H10O2S.C12H8N2.C8H6F4.CH3.Al.H2N.H2O/c1-2-8-14-13(7-1)15-9-3-4-11-17(15)18-12-6-5-10-16(14)18;1-2-6-11(7-3-1)15-10-14-12-8-4-5-9-13(12)15;14-16(15)12-7-3-1-5-10(12)9-11-6-2-4-8-13(11)16;1-3-9-5-6-10-4-2-8-14-12(10)11(9)13-7-1;1-3-5(9)7(11)4(2)8(12)6(3)10;;;;/h1-12H;1-9,14H,10H2;1-8H,9H2;1-8H;1-2H3;1H3;;2*1H2/q;;;;;;+1;-1;. The molecule has 2 aliphatic rings. The van der Waals surface area contributed by atoms with Gasteiger partial charge in [-0.15, -0.1) is 0 Å². The molecule has 2 aromatic heterocycles. The summed E-state index contributed by atoms with van der Waals surface area (Å²) in [4.78, 5) is 11.9. The molecule has 0 unspecified atom stereocenters. The van der Waals surface area contributed by atoms with E-state index in [0.29, 0.717) is 16.2 Å². The number of hydrogen-bond donors (Lipinski definition) is 2. The van der Waals surface area contributed by atoms with E-state index in [9.17, 15) is 26.0 Å². The molecule has 0 amide bonds. The first-order valence-electron chi connectivity index (χ1n) is 25.1. The van der Waals surface area contributed by atoms with Crippen molar-refractivity contribution in [1.82, 2.24) is 9.97 Å². The van der Waals surface area contributed by atoms with Gasteiger partial charge in [0, 0.05) is 46.4 Å². The van der Waals surface area contributed by atoms with Gasteiger partial charge in [-0.1, -0.05) is 170 Å². The summed E-state index contributed by atoms with van der Waals surface area (Å²) in [5, 5.41) is 13.7. The molecule has 0 aliphatic carbocycles. The molecule has 5 N–H and O–H groups in total. The monoisotopic (exact) mass is 1090 g/mol. The van der Waals surface area contributed by atoms with Crippen molar-refractivity contribution in [3.63, 3.8) is 0 Å². The van der Waals surface area contributed by atoms with Crippen molar-refractivity contribution >= 4 is 96.5 Å². The Bertz CT molecular complexity index is 3780. The van der Waals surface area contributed by atoms with Crippen LogP contribution in [0.25, 0.3) is 54.1 Å². The lowest BCUT2D eigenvalue weighted by Gasteiger charge is -2.19. The molecule has 0 bridgehead atoms. The average molecular weight is 1090 g/mol. The molecule has 4 heterocycles. The molecule has 0 spiro atoms. The summed E-state index contributed by atoms with van der Waals surface area (Å²) in [6.07, 6.45) is 4.30. The van der Waals surface area contributed by atoms with Gasteiger partial charge in [0.15, 0.2) is 23.3 Å². The molecule has 8 nitrogen and oxygen atoms in total. The Balaban J connectivity index is 0.000000129. The van der Waals surface area contributed by atoms with Gasteiger partial charge in [-0.25, -0.2) is 26.0 Å². The molecule has 14 heteroatoms. The normalized spacial score (nSPS) is 12.1. The third kappa shape index (κ3) is 12.1. The number of hydrogen-bond acceptors (Lipinski definition) is 7. The highest BCUT2D eigenvalue weighted by atomic mass is 32.2. The van der Waals surface area contributed by atoms with Gasteiger partial charge < -0.3 is 20.4 Å². The largest absolute Gasteiger partial charge is 0.420 e. The van der Waals surface area contributed by atoms with Crippen LogP contribution in [0.15, 0.2) is 235 Å². The van der Waals surface area contributed by atoms with E-state index in [1.54, 1.807) is 36.7 Å². The number of anilines is 3. The molecule has 2 aliphatic heterocycles. The minimum Gasteiger partial charge on any atom is -0.420 e. The quantitative estimate of drug-likeness (QED) is 0.0724. The fourth-order valence-corrected chi connectivity index (χ4v) is 11.2. The van der Waals surface area contributed by atoms with Crippen LogP contribution in [0.3, 0.4) is 0 Å². The number of nitrogens with two attached hydrogens (primary N) is 1. The Morgan fingerprint density at radius 2 is 0.835 bits per heavy atom. The van der Waals surface area contributed by atoms with E-state index in [1.165, 1.54) is 49.4 Å². The predicted molar refractivity (Wildman–Crippen MR) is 316 cm³/mol. The molecular formula is C65H55AlF4N5O3S. The fraction of sp³-hybridized carbons (Fsp3) is 0.0769. The molecule has 79 heavy (non-hydrogen) atoms. The fourth-order valence-electron chi connectivity index (χ4n) is 9.48. The number of rotatable bonds is 1. The summed E-state index contributed by atoms with van der Waals surface area (Å²) in [6.45, 7) is 2.82. The van der Waals surface area contributed by atoms with Gasteiger partial charge in [0.25, 0.3) is 0 Å². The van der Waals surface area contributed by atoms with E-state index in [4.69, 9.17) is 4.72 Å². The zero-order chi connectivity index (χ0) is 54.8. The number of nitrogens with one attached hydrogen (secondary N) is 1. The first-order valence-corrected chi connectivity index (χ1v) is 28.4. The molecule has 12 aromatic rings. The van der Waals surface area contributed by atoms with Crippen LogP contribution in [0.4, 0.5) is 34.6 Å². The van der Waals surface area contributed by atoms with Crippen LogP contribution in [0.1, 0.15) is 22.3 Å². The maximum Gasteiger partial charge on any atom is 0.313 e. The molecule has 0 saturated carbocycles. The van der Waals surface area contributed by atoms with Gasteiger partial charge in [-0.05, 0) is 106 Å². The number of para-hydroxylation sites is 3. The average Bonchev–Trinajstić information content (AvgIpc) is 4.14. The van der Waals surface area contributed by atoms with Gasteiger partial charge in [-0.3, -0.25) is 9.97 Å². The van der Waals surface area contributed by atoms with Crippen LogP contribution in [0, 0.1) is 37.1 Å². The van der Waals surface area contributed by atoms with E-state index in [-0.39, 0.29) is 20.9 Å². The van der Waals surface area contributed by atoms with Gasteiger partial charge in [0.05, 0.1) is 38.9 Å². The van der Waals surface area contributed by atoms with Crippen LogP contribution in [-0.2, 0) is 16.3 Å². The van der Waals surface area contributed by atoms with Crippen molar-refractivity contribution in [2.24, 2.45) is 4.72 Å².